The van der Waals surface area contributed by atoms with Crippen molar-refractivity contribution in [2.75, 3.05) is 18.4 Å². The van der Waals surface area contributed by atoms with Gasteiger partial charge in [-0.15, -0.1) is 0 Å². The SMILES string of the molecule is CCN(CC)C(=O)c1cccc(NC(=O)c2ccc(CNC(=O)NC(C)C)cc2)c1. The van der Waals surface area contributed by atoms with Crippen LogP contribution in [0.1, 0.15) is 54.0 Å². The Bertz CT molecular complexity index is 874. The minimum absolute atomic E-state index is 0.0607. The van der Waals surface area contributed by atoms with E-state index in [1.54, 1.807) is 53.4 Å². The zero-order valence-electron chi connectivity index (χ0n) is 18.0. The standard InChI is InChI=1S/C23H30N4O3/c1-5-27(6-2)22(29)19-8-7-9-20(14-19)26-21(28)18-12-10-17(11-13-18)15-24-23(30)25-16(3)4/h7-14,16H,5-6,15H2,1-4H3,(H,26,28)(H2,24,25,30). The van der Waals surface area contributed by atoms with Gasteiger partial charge in [-0.05, 0) is 63.6 Å². The molecule has 0 spiro atoms. The van der Waals surface area contributed by atoms with E-state index in [2.05, 4.69) is 16.0 Å². The van der Waals surface area contributed by atoms with E-state index in [1.165, 1.54) is 0 Å². The average Bonchev–Trinajstić information content (AvgIpc) is 2.73. The molecule has 0 aromatic heterocycles. The van der Waals surface area contributed by atoms with Crippen LogP contribution in [0.2, 0.25) is 0 Å². The molecule has 2 rings (SSSR count). The fourth-order valence-corrected chi connectivity index (χ4v) is 2.90. The summed E-state index contributed by atoms with van der Waals surface area (Å²) in [6.07, 6.45) is 0. The smallest absolute Gasteiger partial charge is 0.315 e. The van der Waals surface area contributed by atoms with E-state index in [9.17, 15) is 14.4 Å². The van der Waals surface area contributed by atoms with Crippen LogP contribution in [0.15, 0.2) is 48.5 Å². The number of hydrogen-bond acceptors (Lipinski definition) is 3. The second-order valence-corrected chi connectivity index (χ2v) is 7.19. The van der Waals surface area contributed by atoms with Crippen molar-refractivity contribution >= 4 is 23.5 Å². The summed E-state index contributed by atoms with van der Waals surface area (Å²) in [5, 5.41) is 8.35. The summed E-state index contributed by atoms with van der Waals surface area (Å²) in [5.41, 5.74) is 2.48. The van der Waals surface area contributed by atoms with E-state index in [4.69, 9.17) is 0 Å². The first-order chi connectivity index (χ1) is 14.3. The van der Waals surface area contributed by atoms with Crippen LogP contribution in [0, 0.1) is 0 Å². The highest BCUT2D eigenvalue weighted by molar-refractivity contribution is 6.05. The molecular weight excluding hydrogens is 380 g/mol. The zero-order chi connectivity index (χ0) is 22.1. The van der Waals surface area contributed by atoms with Crippen molar-refractivity contribution in [2.45, 2.75) is 40.3 Å². The number of hydrogen-bond donors (Lipinski definition) is 3. The summed E-state index contributed by atoms with van der Waals surface area (Å²) in [6.45, 7) is 9.28. The molecule has 0 fully saturated rings. The number of amides is 4. The monoisotopic (exact) mass is 410 g/mol. The van der Waals surface area contributed by atoms with Gasteiger partial charge in [0.2, 0.25) is 0 Å². The quantitative estimate of drug-likeness (QED) is 0.621. The highest BCUT2D eigenvalue weighted by Gasteiger charge is 2.14. The van der Waals surface area contributed by atoms with E-state index in [0.717, 1.165) is 5.56 Å². The molecule has 3 N–H and O–H groups in total. The van der Waals surface area contributed by atoms with Gasteiger partial charge in [-0.3, -0.25) is 9.59 Å². The van der Waals surface area contributed by atoms with Gasteiger partial charge in [-0.1, -0.05) is 18.2 Å². The first kappa shape index (κ1) is 22.9. The van der Waals surface area contributed by atoms with E-state index < -0.39 is 0 Å². The Balaban J connectivity index is 1.98. The highest BCUT2D eigenvalue weighted by atomic mass is 16.2. The Hall–Kier alpha value is -3.35. The van der Waals surface area contributed by atoms with Gasteiger partial charge < -0.3 is 20.9 Å². The Morgan fingerprint density at radius 2 is 1.60 bits per heavy atom. The fraction of sp³-hybridized carbons (Fsp3) is 0.348. The van der Waals surface area contributed by atoms with Crippen molar-refractivity contribution in [3.63, 3.8) is 0 Å². The molecule has 0 heterocycles. The molecule has 0 unspecified atom stereocenters. The molecule has 7 heteroatoms. The maximum absolute atomic E-state index is 12.6. The molecule has 0 radical (unpaired) electrons. The molecule has 160 valence electrons. The number of nitrogens with one attached hydrogen (secondary N) is 3. The molecule has 0 saturated heterocycles. The van der Waals surface area contributed by atoms with Gasteiger partial charge in [0.1, 0.15) is 0 Å². The van der Waals surface area contributed by atoms with Crippen LogP contribution in [-0.4, -0.2) is 41.9 Å². The number of urea groups is 1. The van der Waals surface area contributed by atoms with Gasteiger partial charge in [0.05, 0.1) is 0 Å². The van der Waals surface area contributed by atoms with Gasteiger partial charge in [0.25, 0.3) is 11.8 Å². The summed E-state index contributed by atoms with van der Waals surface area (Å²) in [4.78, 5) is 38.4. The van der Waals surface area contributed by atoms with Gasteiger partial charge in [-0.25, -0.2) is 4.79 Å². The lowest BCUT2D eigenvalue weighted by molar-refractivity contribution is 0.0772. The lowest BCUT2D eigenvalue weighted by atomic mass is 10.1. The zero-order valence-corrected chi connectivity index (χ0v) is 18.0. The molecule has 0 atom stereocenters. The lowest BCUT2D eigenvalue weighted by Crippen LogP contribution is -2.39. The second kappa shape index (κ2) is 11.0. The molecule has 0 aliphatic carbocycles. The van der Waals surface area contributed by atoms with Crippen molar-refractivity contribution in [3.8, 4) is 0 Å². The second-order valence-electron chi connectivity index (χ2n) is 7.19. The highest BCUT2D eigenvalue weighted by Crippen LogP contribution is 2.15. The first-order valence-electron chi connectivity index (χ1n) is 10.2. The summed E-state index contributed by atoms with van der Waals surface area (Å²) in [7, 11) is 0. The maximum Gasteiger partial charge on any atom is 0.315 e. The first-order valence-corrected chi connectivity index (χ1v) is 10.2. The van der Waals surface area contributed by atoms with Gasteiger partial charge >= 0.3 is 6.03 Å². The molecule has 0 aliphatic heterocycles. The molecule has 4 amide bonds. The largest absolute Gasteiger partial charge is 0.339 e. The van der Waals surface area contributed by atoms with Gasteiger partial charge in [0, 0.05) is 42.5 Å². The molecule has 0 saturated carbocycles. The predicted molar refractivity (Wildman–Crippen MR) is 119 cm³/mol. The summed E-state index contributed by atoms with van der Waals surface area (Å²) in [5.74, 6) is -0.325. The van der Waals surface area contributed by atoms with Crippen LogP contribution in [0.25, 0.3) is 0 Å². The van der Waals surface area contributed by atoms with Crippen molar-refractivity contribution in [1.29, 1.82) is 0 Å². The Morgan fingerprint density at radius 1 is 0.933 bits per heavy atom. The number of rotatable bonds is 8. The van der Waals surface area contributed by atoms with Gasteiger partial charge in [0.15, 0.2) is 0 Å². The van der Waals surface area contributed by atoms with Crippen LogP contribution < -0.4 is 16.0 Å². The van der Waals surface area contributed by atoms with Crippen LogP contribution in [-0.2, 0) is 6.54 Å². The minimum atomic E-state index is -0.264. The molecule has 0 bridgehead atoms. The normalized spacial score (nSPS) is 10.4. The maximum atomic E-state index is 12.6. The lowest BCUT2D eigenvalue weighted by Gasteiger charge is -2.19. The Labute approximate surface area is 177 Å². The van der Waals surface area contributed by atoms with Crippen LogP contribution in [0.5, 0.6) is 0 Å². The van der Waals surface area contributed by atoms with E-state index in [0.29, 0.717) is 36.4 Å². The predicted octanol–water partition coefficient (Wildman–Crippen LogP) is 3.63. The van der Waals surface area contributed by atoms with Crippen LogP contribution >= 0.6 is 0 Å². The summed E-state index contributed by atoms with van der Waals surface area (Å²) in [6, 6.07) is 13.8. The van der Waals surface area contributed by atoms with Crippen molar-refractivity contribution in [1.82, 2.24) is 15.5 Å². The van der Waals surface area contributed by atoms with E-state index in [-0.39, 0.29) is 23.9 Å². The Kier molecular flexibility index (Phi) is 8.41. The van der Waals surface area contributed by atoms with Crippen molar-refractivity contribution < 1.29 is 14.4 Å². The minimum Gasteiger partial charge on any atom is -0.339 e. The number of carbonyl (C=O) groups excluding carboxylic acids is 3. The molecule has 0 aliphatic rings. The van der Waals surface area contributed by atoms with Crippen LogP contribution in [0.4, 0.5) is 10.5 Å². The third kappa shape index (κ3) is 6.62. The van der Waals surface area contributed by atoms with Crippen molar-refractivity contribution in [2.24, 2.45) is 0 Å². The topological polar surface area (TPSA) is 90.5 Å². The van der Waals surface area contributed by atoms with Crippen molar-refractivity contribution in [3.05, 3.63) is 65.2 Å². The molecular formula is C23H30N4O3. The summed E-state index contributed by atoms with van der Waals surface area (Å²) < 4.78 is 0. The van der Waals surface area contributed by atoms with E-state index >= 15 is 0 Å². The molecule has 7 nitrogen and oxygen atoms in total. The Morgan fingerprint density at radius 3 is 2.20 bits per heavy atom. The number of carbonyl (C=O) groups is 3. The molecule has 30 heavy (non-hydrogen) atoms. The number of nitrogens with zero attached hydrogens (tertiary/aromatic N) is 1. The third-order valence-corrected chi connectivity index (χ3v) is 4.51. The number of benzene rings is 2. The average molecular weight is 411 g/mol. The molecule has 2 aromatic carbocycles. The third-order valence-electron chi connectivity index (χ3n) is 4.51. The summed E-state index contributed by atoms with van der Waals surface area (Å²) >= 11 is 0. The van der Waals surface area contributed by atoms with E-state index in [1.807, 2.05) is 27.7 Å². The fourth-order valence-electron chi connectivity index (χ4n) is 2.90. The van der Waals surface area contributed by atoms with Crippen LogP contribution in [0.3, 0.4) is 0 Å². The van der Waals surface area contributed by atoms with Gasteiger partial charge in [-0.2, -0.15) is 0 Å². The number of anilines is 1. The molecule has 2 aromatic rings.